The average molecular weight is 235 g/mol. The maximum atomic E-state index is 13.7. The number of nitriles is 1. The first-order valence-corrected chi connectivity index (χ1v) is 5.38. The van der Waals surface area contributed by atoms with Crippen LogP contribution in [0.25, 0.3) is 0 Å². The molecule has 0 aliphatic heterocycles. The third kappa shape index (κ3) is 1.72. The van der Waals surface area contributed by atoms with E-state index in [1.165, 1.54) is 20.3 Å². The van der Waals surface area contributed by atoms with E-state index in [0.29, 0.717) is 18.4 Å². The molecule has 0 atom stereocenters. The molecule has 1 saturated carbocycles. The van der Waals surface area contributed by atoms with E-state index in [2.05, 4.69) is 6.07 Å². The van der Waals surface area contributed by atoms with E-state index in [9.17, 15) is 9.65 Å². The predicted molar refractivity (Wildman–Crippen MR) is 59.7 cm³/mol. The first kappa shape index (κ1) is 12.0. The van der Waals surface area contributed by atoms with Gasteiger partial charge >= 0.3 is 0 Å². The number of benzene rings is 1. The van der Waals surface area contributed by atoms with Gasteiger partial charge in [0, 0.05) is 32.6 Å². The summed E-state index contributed by atoms with van der Waals surface area (Å²) in [6.07, 6.45) is 0.703. The summed E-state index contributed by atoms with van der Waals surface area (Å²) in [5.74, 6) is -1.10. The van der Waals surface area contributed by atoms with Crippen LogP contribution in [-0.4, -0.2) is 20.0 Å². The van der Waals surface area contributed by atoms with Gasteiger partial charge in [0.1, 0.15) is 5.82 Å². The molecule has 3 nitrogen and oxygen atoms in total. The van der Waals surface area contributed by atoms with Crippen LogP contribution in [0, 0.1) is 17.1 Å². The van der Waals surface area contributed by atoms with E-state index in [-0.39, 0.29) is 5.82 Å². The molecule has 0 unspecified atom stereocenters. The van der Waals surface area contributed by atoms with Crippen molar-refractivity contribution < 1.29 is 13.9 Å². The van der Waals surface area contributed by atoms with Gasteiger partial charge in [-0.2, -0.15) is 5.26 Å². The van der Waals surface area contributed by atoms with Crippen molar-refractivity contribution in [2.24, 2.45) is 0 Å². The highest BCUT2D eigenvalue weighted by Gasteiger charge is 2.58. The summed E-state index contributed by atoms with van der Waals surface area (Å²) < 4.78 is 24.2. The monoisotopic (exact) mass is 235 g/mol. The van der Waals surface area contributed by atoms with Crippen LogP contribution in [0.5, 0.6) is 0 Å². The molecular weight excluding hydrogens is 221 g/mol. The lowest BCUT2D eigenvalue weighted by Crippen LogP contribution is -2.56. The van der Waals surface area contributed by atoms with Gasteiger partial charge in [-0.05, 0) is 6.07 Å². The van der Waals surface area contributed by atoms with Gasteiger partial charge in [-0.1, -0.05) is 18.2 Å². The zero-order chi connectivity index (χ0) is 12.5. The summed E-state index contributed by atoms with van der Waals surface area (Å²) in [6.45, 7) is 0. The van der Waals surface area contributed by atoms with Gasteiger partial charge < -0.3 is 9.47 Å². The standard InChI is InChI=1S/C13H14FNO2/c1-16-13(17-2)7-12(8-13,9-15)10-5-3-4-6-11(10)14/h3-6H,7-8H2,1-2H3. The molecule has 0 spiro atoms. The number of rotatable bonds is 3. The Kier molecular flexibility index (Phi) is 2.90. The molecule has 0 heterocycles. The highest BCUT2D eigenvalue weighted by Crippen LogP contribution is 2.52. The average Bonchev–Trinajstić information content (AvgIpc) is 2.32. The van der Waals surface area contributed by atoms with Crippen LogP contribution in [0.1, 0.15) is 18.4 Å². The summed E-state index contributed by atoms with van der Waals surface area (Å²) in [6, 6.07) is 8.56. The molecule has 0 radical (unpaired) electrons. The summed E-state index contributed by atoms with van der Waals surface area (Å²) in [4.78, 5) is 0. The molecule has 1 fully saturated rings. The highest BCUT2D eigenvalue weighted by atomic mass is 19.1. The van der Waals surface area contributed by atoms with Crippen LogP contribution in [0.15, 0.2) is 24.3 Å². The molecule has 90 valence electrons. The van der Waals surface area contributed by atoms with Gasteiger partial charge in [0.25, 0.3) is 0 Å². The van der Waals surface area contributed by atoms with Crippen molar-refractivity contribution in [1.82, 2.24) is 0 Å². The molecule has 0 bridgehead atoms. The van der Waals surface area contributed by atoms with E-state index >= 15 is 0 Å². The molecular formula is C13H14FNO2. The minimum Gasteiger partial charge on any atom is -0.353 e. The number of halogens is 1. The molecule has 17 heavy (non-hydrogen) atoms. The third-order valence-electron chi connectivity index (χ3n) is 3.49. The smallest absolute Gasteiger partial charge is 0.171 e. The number of methoxy groups -OCH3 is 2. The molecule has 0 aromatic heterocycles. The van der Waals surface area contributed by atoms with Crippen molar-refractivity contribution in [2.45, 2.75) is 24.0 Å². The maximum Gasteiger partial charge on any atom is 0.171 e. The van der Waals surface area contributed by atoms with E-state index < -0.39 is 11.2 Å². The molecule has 0 saturated heterocycles. The van der Waals surface area contributed by atoms with Gasteiger partial charge in [-0.25, -0.2) is 4.39 Å². The molecule has 0 N–H and O–H groups in total. The lowest BCUT2D eigenvalue weighted by atomic mass is 9.61. The van der Waals surface area contributed by atoms with Crippen LogP contribution < -0.4 is 0 Å². The molecule has 4 heteroatoms. The third-order valence-corrected chi connectivity index (χ3v) is 3.49. The van der Waals surface area contributed by atoms with E-state index in [1.807, 2.05) is 0 Å². The molecule has 1 aliphatic carbocycles. The Morgan fingerprint density at radius 1 is 1.24 bits per heavy atom. The second kappa shape index (κ2) is 4.10. The lowest BCUT2D eigenvalue weighted by molar-refractivity contribution is -0.269. The number of hydrogen-bond acceptors (Lipinski definition) is 3. The maximum absolute atomic E-state index is 13.7. The van der Waals surface area contributed by atoms with Crippen LogP contribution in [-0.2, 0) is 14.9 Å². The summed E-state index contributed by atoms with van der Waals surface area (Å²) >= 11 is 0. The van der Waals surface area contributed by atoms with Crippen LogP contribution in [0.2, 0.25) is 0 Å². The Morgan fingerprint density at radius 2 is 1.82 bits per heavy atom. The zero-order valence-electron chi connectivity index (χ0n) is 9.87. The largest absolute Gasteiger partial charge is 0.353 e. The highest BCUT2D eigenvalue weighted by molar-refractivity contribution is 5.38. The van der Waals surface area contributed by atoms with Crippen molar-refractivity contribution in [1.29, 1.82) is 5.26 Å². The second-order valence-electron chi connectivity index (χ2n) is 4.35. The summed E-state index contributed by atoms with van der Waals surface area (Å²) in [7, 11) is 3.07. The SMILES string of the molecule is COC1(OC)CC(C#N)(c2ccccc2F)C1. The minimum atomic E-state index is -0.836. The number of ether oxygens (including phenoxy) is 2. The van der Waals surface area contributed by atoms with E-state index in [1.54, 1.807) is 18.2 Å². The minimum absolute atomic E-state index is 0.352. The molecule has 1 aromatic rings. The number of hydrogen-bond donors (Lipinski definition) is 0. The Morgan fingerprint density at radius 3 is 2.29 bits per heavy atom. The fraction of sp³-hybridized carbons (Fsp3) is 0.462. The number of nitrogens with zero attached hydrogens (tertiary/aromatic N) is 1. The first-order valence-electron chi connectivity index (χ1n) is 5.38. The van der Waals surface area contributed by atoms with Crippen molar-refractivity contribution in [3.05, 3.63) is 35.6 Å². The van der Waals surface area contributed by atoms with Crippen molar-refractivity contribution in [3.63, 3.8) is 0 Å². The van der Waals surface area contributed by atoms with Crippen LogP contribution in [0.4, 0.5) is 4.39 Å². The quantitative estimate of drug-likeness (QED) is 0.755. The summed E-state index contributed by atoms with van der Waals surface area (Å²) in [5.41, 5.74) is -0.413. The molecule has 0 amide bonds. The molecule has 2 rings (SSSR count). The fourth-order valence-electron chi connectivity index (χ4n) is 2.42. The normalized spacial score (nSPS) is 20.4. The fourth-order valence-corrected chi connectivity index (χ4v) is 2.42. The van der Waals surface area contributed by atoms with Gasteiger partial charge in [0.15, 0.2) is 5.79 Å². The predicted octanol–water partition coefficient (Wildman–Crippen LogP) is 2.37. The van der Waals surface area contributed by atoms with Crippen molar-refractivity contribution >= 4 is 0 Å². The Bertz CT molecular complexity index is 455. The van der Waals surface area contributed by atoms with Gasteiger partial charge in [-0.15, -0.1) is 0 Å². The zero-order valence-corrected chi connectivity index (χ0v) is 9.87. The Labute approximate surface area is 99.8 Å². The Balaban J connectivity index is 2.33. The topological polar surface area (TPSA) is 42.2 Å². The van der Waals surface area contributed by atoms with Crippen molar-refractivity contribution in [2.75, 3.05) is 14.2 Å². The molecule has 1 aliphatic rings. The van der Waals surface area contributed by atoms with Crippen LogP contribution in [0.3, 0.4) is 0 Å². The van der Waals surface area contributed by atoms with Gasteiger partial charge in [0.05, 0.1) is 11.5 Å². The van der Waals surface area contributed by atoms with Crippen molar-refractivity contribution in [3.8, 4) is 6.07 Å². The van der Waals surface area contributed by atoms with E-state index in [4.69, 9.17) is 9.47 Å². The van der Waals surface area contributed by atoms with Crippen LogP contribution >= 0.6 is 0 Å². The van der Waals surface area contributed by atoms with Gasteiger partial charge in [0.2, 0.25) is 0 Å². The molecule has 1 aromatic carbocycles. The summed E-state index contributed by atoms with van der Waals surface area (Å²) in [5, 5.41) is 9.31. The Hall–Kier alpha value is -1.44. The second-order valence-corrected chi connectivity index (χ2v) is 4.35. The lowest BCUT2D eigenvalue weighted by Gasteiger charge is -2.50. The van der Waals surface area contributed by atoms with E-state index in [0.717, 1.165) is 0 Å². The first-order chi connectivity index (χ1) is 8.11. The van der Waals surface area contributed by atoms with Gasteiger partial charge in [-0.3, -0.25) is 0 Å².